The van der Waals surface area contributed by atoms with E-state index in [1.54, 1.807) is 35.8 Å². The van der Waals surface area contributed by atoms with E-state index in [2.05, 4.69) is 0 Å². The smallest absolute Gasteiger partial charge is 0.239 e. The quantitative estimate of drug-likeness (QED) is 0.799. The van der Waals surface area contributed by atoms with Gasteiger partial charge in [0.1, 0.15) is 12.4 Å². The Morgan fingerprint density at radius 3 is 2.95 bits per heavy atom. The number of hydrogen-bond donors (Lipinski definition) is 1. The first-order chi connectivity index (χ1) is 9.54. The lowest BCUT2D eigenvalue weighted by Crippen LogP contribution is -2.43. The zero-order valence-electron chi connectivity index (χ0n) is 11.8. The highest BCUT2D eigenvalue weighted by atomic mass is 35.5. The van der Waals surface area contributed by atoms with E-state index in [4.69, 9.17) is 22.1 Å². The van der Waals surface area contributed by atoms with Gasteiger partial charge < -0.3 is 15.4 Å². The summed E-state index contributed by atoms with van der Waals surface area (Å²) in [5.41, 5.74) is 5.84. The van der Waals surface area contributed by atoms with Crippen LogP contribution >= 0.6 is 23.4 Å². The minimum atomic E-state index is -0.432. The number of carbonyl (C=O) groups is 1. The molecule has 0 aliphatic carbocycles. The molecule has 0 heterocycles. The van der Waals surface area contributed by atoms with Crippen molar-refractivity contribution in [2.75, 3.05) is 32.2 Å². The molecule has 112 valence electrons. The molecule has 0 radical (unpaired) electrons. The van der Waals surface area contributed by atoms with Crippen LogP contribution in [0.25, 0.3) is 0 Å². The number of hydrogen-bond acceptors (Lipinski definition) is 4. The number of nitrogens with zero attached hydrogens (tertiary/aromatic N) is 1. The first-order valence-electron chi connectivity index (χ1n) is 6.42. The zero-order valence-corrected chi connectivity index (χ0v) is 13.4. The lowest BCUT2D eigenvalue weighted by Gasteiger charge is -2.21. The molecule has 1 rings (SSSR count). The monoisotopic (exact) mass is 316 g/mol. The average Bonchev–Trinajstić information content (AvgIpc) is 2.43. The number of carbonyl (C=O) groups excluding carboxylic acids is 1. The number of rotatable bonds is 8. The second-order valence-corrected chi connectivity index (χ2v) is 5.88. The normalized spacial score (nSPS) is 12.0. The van der Waals surface area contributed by atoms with E-state index in [9.17, 15) is 4.79 Å². The molecule has 0 spiro atoms. The molecule has 6 heteroatoms. The Kier molecular flexibility index (Phi) is 7.80. The molecule has 20 heavy (non-hydrogen) atoms. The number of ether oxygens (including phenoxy) is 1. The van der Waals surface area contributed by atoms with Crippen LogP contribution in [-0.4, -0.2) is 49.1 Å². The van der Waals surface area contributed by atoms with Gasteiger partial charge in [0.2, 0.25) is 5.91 Å². The fourth-order valence-electron chi connectivity index (χ4n) is 1.62. The van der Waals surface area contributed by atoms with Crippen LogP contribution in [0.5, 0.6) is 5.75 Å². The van der Waals surface area contributed by atoms with Crippen molar-refractivity contribution in [3.05, 3.63) is 29.3 Å². The topological polar surface area (TPSA) is 55.6 Å². The Balaban J connectivity index is 2.32. The maximum absolute atomic E-state index is 12.0. The average molecular weight is 317 g/mol. The molecule has 0 aliphatic rings. The summed E-state index contributed by atoms with van der Waals surface area (Å²) in [4.78, 5) is 13.6. The van der Waals surface area contributed by atoms with E-state index >= 15 is 0 Å². The summed E-state index contributed by atoms with van der Waals surface area (Å²) in [5, 5.41) is 0.631. The minimum Gasteiger partial charge on any atom is -0.492 e. The molecule has 1 aromatic rings. The highest BCUT2D eigenvalue weighted by Gasteiger charge is 2.17. The highest BCUT2D eigenvalue weighted by molar-refractivity contribution is 7.98. The van der Waals surface area contributed by atoms with Gasteiger partial charge in [-0.1, -0.05) is 17.7 Å². The van der Waals surface area contributed by atoms with Crippen molar-refractivity contribution in [3.63, 3.8) is 0 Å². The number of halogens is 1. The highest BCUT2D eigenvalue weighted by Crippen LogP contribution is 2.16. The van der Waals surface area contributed by atoms with Crippen LogP contribution in [0.1, 0.15) is 6.42 Å². The van der Waals surface area contributed by atoms with Gasteiger partial charge in [-0.05, 0) is 36.6 Å². The molecule has 0 saturated heterocycles. The van der Waals surface area contributed by atoms with Crippen LogP contribution < -0.4 is 10.5 Å². The number of likely N-dealkylation sites (N-methyl/N-ethyl adjacent to an activating group) is 1. The molecule has 0 unspecified atom stereocenters. The second kappa shape index (κ2) is 9.10. The van der Waals surface area contributed by atoms with E-state index in [0.29, 0.717) is 30.3 Å². The fourth-order valence-corrected chi connectivity index (χ4v) is 2.29. The molecule has 1 aromatic carbocycles. The molecule has 1 amide bonds. The van der Waals surface area contributed by atoms with Crippen LogP contribution in [-0.2, 0) is 4.79 Å². The molecule has 0 aliphatic heterocycles. The molecule has 4 nitrogen and oxygen atoms in total. The lowest BCUT2D eigenvalue weighted by molar-refractivity contribution is -0.131. The van der Waals surface area contributed by atoms with Gasteiger partial charge in [-0.15, -0.1) is 0 Å². The Bertz CT molecular complexity index is 431. The molecular formula is C14H21ClN2O2S. The summed E-state index contributed by atoms with van der Waals surface area (Å²) >= 11 is 7.55. The molecule has 0 aromatic heterocycles. The molecule has 1 atom stereocenters. The third-order valence-electron chi connectivity index (χ3n) is 2.82. The number of nitrogens with two attached hydrogens (primary N) is 1. The second-order valence-electron chi connectivity index (χ2n) is 4.45. The Morgan fingerprint density at radius 1 is 1.55 bits per heavy atom. The SMILES string of the molecule is CSCC[C@H](N)C(=O)N(C)CCOc1cccc(Cl)c1. The first kappa shape index (κ1) is 17.1. The van der Waals surface area contributed by atoms with Crippen LogP contribution in [0.3, 0.4) is 0 Å². The first-order valence-corrected chi connectivity index (χ1v) is 8.19. The Labute approximate surface area is 129 Å². The van der Waals surface area contributed by atoms with Crippen molar-refractivity contribution < 1.29 is 9.53 Å². The predicted molar refractivity (Wildman–Crippen MR) is 85.6 cm³/mol. The van der Waals surface area contributed by atoms with Gasteiger partial charge in [-0.3, -0.25) is 4.79 Å². The van der Waals surface area contributed by atoms with E-state index < -0.39 is 6.04 Å². The Morgan fingerprint density at radius 2 is 2.30 bits per heavy atom. The van der Waals surface area contributed by atoms with E-state index in [1.807, 2.05) is 18.4 Å². The third-order valence-corrected chi connectivity index (χ3v) is 3.70. The zero-order chi connectivity index (χ0) is 15.0. The summed E-state index contributed by atoms with van der Waals surface area (Å²) in [5.74, 6) is 1.54. The predicted octanol–water partition coefficient (Wildman–Crippen LogP) is 2.26. The van der Waals surface area contributed by atoms with Gasteiger partial charge in [0.15, 0.2) is 0 Å². The summed E-state index contributed by atoms with van der Waals surface area (Å²) < 4.78 is 5.55. The van der Waals surface area contributed by atoms with Crippen molar-refractivity contribution in [2.24, 2.45) is 5.73 Å². The maximum atomic E-state index is 12.0. The van der Waals surface area contributed by atoms with E-state index in [-0.39, 0.29) is 5.91 Å². The van der Waals surface area contributed by atoms with Gasteiger partial charge in [-0.2, -0.15) is 11.8 Å². The van der Waals surface area contributed by atoms with Crippen LogP contribution in [0.4, 0.5) is 0 Å². The molecule has 0 bridgehead atoms. The van der Waals surface area contributed by atoms with Gasteiger partial charge in [-0.25, -0.2) is 0 Å². The standard InChI is InChI=1S/C14H21ClN2O2S/c1-17(14(18)13(16)6-9-20-2)7-8-19-12-5-3-4-11(15)10-12/h3-5,10,13H,6-9,16H2,1-2H3/t13-/m0/s1. The van der Waals surface area contributed by atoms with Crippen LogP contribution in [0, 0.1) is 0 Å². The summed E-state index contributed by atoms with van der Waals surface area (Å²) in [6.07, 6.45) is 2.69. The van der Waals surface area contributed by atoms with Gasteiger partial charge >= 0.3 is 0 Å². The minimum absolute atomic E-state index is 0.0475. The maximum Gasteiger partial charge on any atom is 0.239 e. The van der Waals surface area contributed by atoms with Crippen molar-refractivity contribution in [1.82, 2.24) is 4.90 Å². The van der Waals surface area contributed by atoms with Crippen molar-refractivity contribution in [1.29, 1.82) is 0 Å². The van der Waals surface area contributed by atoms with Gasteiger partial charge in [0, 0.05) is 12.1 Å². The number of amides is 1. The number of benzene rings is 1. The summed E-state index contributed by atoms with van der Waals surface area (Å²) in [6.45, 7) is 0.913. The molecule has 2 N–H and O–H groups in total. The van der Waals surface area contributed by atoms with E-state index in [0.717, 1.165) is 5.75 Å². The number of thioether (sulfide) groups is 1. The Hall–Kier alpha value is -0.910. The van der Waals surface area contributed by atoms with E-state index in [1.165, 1.54) is 0 Å². The molecular weight excluding hydrogens is 296 g/mol. The van der Waals surface area contributed by atoms with Crippen molar-refractivity contribution >= 4 is 29.3 Å². The van der Waals surface area contributed by atoms with Crippen LogP contribution in [0.15, 0.2) is 24.3 Å². The van der Waals surface area contributed by atoms with Crippen molar-refractivity contribution in [2.45, 2.75) is 12.5 Å². The largest absolute Gasteiger partial charge is 0.492 e. The van der Waals surface area contributed by atoms with Crippen molar-refractivity contribution in [3.8, 4) is 5.75 Å². The summed E-state index contributed by atoms with van der Waals surface area (Å²) in [7, 11) is 1.74. The summed E-state index contributed by atoms with van der Waals surface area (Å²) in [6, 6.07) is 6.75. The van der Waals surface area contributed by atoms with Gasteiger partial charge in [0.05, 0.1) is 12.6 Å². The van der Waals surface area contributed by atoms with Crippen LogP contribution in [0.2, 0.25) is 5.02 Å². The lowest BCUT2D eigenvalue weighted by atomic mass is 10.2. The third kappa shape index (κ3) is 6.03. The fraction of sp³-hybridized carbons (Fsp3) is 0.500. The van der Waals surface area contributed by atoms with Gasteiger partial charge in [0.25, 0.3) is 0 Å². The molecule has 0 fully saturated rings. The molecule has 0 saturated carbocycles.